The van der Waals surface area contributed by atoms with Crippen LogP contribution in [-0.2, 0) is 0 Å². The first-order valence-corrected chi connectivity index (χ1v) is 4.48. The molecule has 1 aromatic rings. The van der Waals surface area contributed by atoms with Crippen molar-refractivity contribution in [1.82, 2.24) is 10.5 Å². The first-order chi connectivity index (χ1) is 7.02. The standard InChI is InChI=1S/C9H14N2O4/c1-6-7(3-10-15-6)8(14)11-9(2,4-12)5-13/h3,12-13H,4-5H2,1-2H3,(H,11,14). The van der Waals surface area contributed by atoms with E-state index in [1.54, 1.807) is 6.92 Å². The molecule has 1 heterocycles. The Morgan fingerprint density at radius 1 is 1.60 bits per heavy atom. The second kappa shape index (κ2) is 4.41. The molecule has 0 saturated carbocycles. The number of rotatable bonds is 4. The van der Waals surface area contributed by atoms with Crippen LogP contribution >= 0.6 is 0 Å². The molecule has 3 N–H and O–H groups in total. The second-order valence-electron chi connectivity index (χ2n) is 3.63. The van der Waals surface area contributed by atoms with Crippen molar-refractivity contribution in [3.05, 3.63) is 17.5 Å². The van der Waals surface area contributed by atoms with Crippen LogP contribution in [-0.4, -0.2) is 40.0 Å². The average molecular weight is 214 g/mol. The summed E-state index contributed by atoms with van der Waals surface area (Å²) in [7, 11) is 0. The van der Waals surface area contributed by atoms with Gasteiger partial charge in [-0.3, -0.25) is 4.79 Å². The minimum absolute atomic E-state index is 0.295. The lowest BCUT2D eigenvalue weighted by Gasteiger charge is -2.25. The molecule has 0 radical (unpaired) electrons. The number of nitrogens with one attached hydrogen (secondary N) is 1. The molecule has 6 nitrogen and oxygen atoms in total. The normalized spacial score (nSPS) is 11.5. The van der Waals surface area contributed by atoms with Crippen LogP contribution in [0.3, 0.4) is 0 Å². The maximum absolute atomic E-state index is 11.6. The van der Waals surface area contributed by atoms with Crippen LogP contribution < -0.4 is 5.32 Å². The molecule has 0 aliphatic heterocycles. The molecule has 1 rings (SSSR count). The van der Waals surface area contributed by atoms with Gasteiger partial charge in [0.05, 0.1) is 24.9 Å². The monoisotopic (exact) mass is 214 g/mol. The number of aryl methyl sites for hydroxylation is 1. The lowest BCUT2D eigenvalue weighted by Crippen LogP contribution is -2.51. The van der Waals surface area contributed by atoms with Gasteiger partial charge in [-0.1, -0.05) is 5.16 Å². The van der Waals surface area contributed by atoms with Crippen molar-refractivity contribution in [2.75, 3.05) is 13.2 Å². The lowest BCUT2D eigenvalue weighted by atomic mass is 10.0. The molecule has 0 aromatic carbocycles. The summed E-state index contributed by atoms with van der Waals surface area (Å²) in [5.41, 5.74) is -0.746. The molecule has 0 aliphatic carbocycles. The third-order valence-corrected chi connectivity index (χ3v) is 2.11. The minimum atomic E-state index is -1.04. The van der Waals surface area contributed by atoms with E-state index >= 15 is 0 Å². The number of aliphatic hydroxyl groups excluding tert-OH is 2. The van der Waals surface area contributed by atoms with Crippen LogP contribution in [0.1, 0.15) is 23.0 Å². The zero-order chi connectivity index (χ0) is 11.5. The van der Waals surface area contributed by atoms with Crippen LogP contribution in [0.5, 0.6) is 0 Å². The van der Waals surface area contributed by atoms with Crippen molar-refractivity contribution in [1.29, 1.82) is 0 Å². The van der Waals surface area contributed by atoms with E-state index in [4.69, 9.17) is 14.7 Å². The third-order valence-electron chi connectivity index (χ3n) is 2.11. The Bertz CT molecular complexity index is 344. The quantitative estimate of drug-likeness (QED) is 0.625. The average Bonchev–Trinajstić information content (AvgIpc) is 2.64. The van der Waals surface area contributed by atoms with E-state index in [1.807, 2.05) is 0 Å². The predicted octanol–water partition coefficient (Wildman–Crippen LogP) is -0.544. The first-order valence-electron chi connectivity index (χ1n) is 4.48. The molecular formula is C9H14N2O4. The molecule has 0 atom stereocenters. The summed E-state index contributed by atoms with van der Waals surface area (Å²) in [6, 6.07) is 0. The zero-order valence-corrected chi connectivity index (χ0v) is 8.65. The van der Waals surface area contributed by atoms with E-state index in [0.717, 1.165) is 0 Å². The van der Waals surface area contributed by atoms with Gasteiger partial charge in [-0.05, 0) is 13.8 Å². The van der Waals surface area contributed by atoms with Crippen molar-refractivity contribution >= 4 is 5.91 Å². The zero-order valence-electron chi connectivity index (χ0n) is 8.65. The second-order valence-corrected chi connectivity index (χ2v) is 3.63. The summed E-state index contributed by atoms with van der Waals surface area (Å²) in [5.74, 6) is -0.0370. The summed E-state index contributed by atoms with van der Waals surface area (Å²) in [4.78, 5) is 11.6. The van der Waals surface area contributed by atoms with Crippen LogP contribution in [0.15, 0.2) is 10.7 Å². The van der Waals surface area contributed by atoms with Crippen LogP contribution in [0.2, 0.25) is 0 Å². The Labute approximate surface area is 86.9 Å². The van der Waals surface area contributed by atoms with Crippen molar-refractivity contribution in [3.63, 3.8) is 0 Å². The number of amides is 1. The number of carbonyl (C=O) groups excluding carboxylic acids is 1. The van der Waals surface area contributed by atoms with Gasteiger partial charge in [0.1, 0.15) is 11.3 Å². The van der Waals surface area contributed by atoms with E-state index in [1.165, 1.54) is 13.1 Å². The van der Waals surface area contributed by atoms with Gasteiger partial charge in [0, 0.05) is 0 Å². The molecule has 0 saturated heterocycles. The lowest BCUT2D eigenvalue weighted by molar-refractivity contribution is 0.0722. The molecule has 1 aromatic heterocycles. The fourth-order valence-electron chi connectivity index (χ4n) is 0.987. The molecular weight excluding hydrogens is 200 g/mol. The largest absolute Gasteiger partial charge is 0.394 e. The highest BCUT2D eigenvalue weighted by Crippen LogP contribution is 2.08. The molecule has 0 aliphatic rings. The minimum Gasteiger partial charge on any atom is -0.394 e. The van der Waals surface area contributed by atoms with Gasteiger partial charge in [0.2, 0.25) is 0 Å². The predicted molar refractivity (Wildman–Crippen MR) is 51.3 cm³/mol. The molecule has 0 unspecified atom stereocenters. The maximum atomic E-state index is 11.6. The smallest absolute Gasteiger partial charge is 0.257 e. The molecule has 15 heavy (non-hydrogen) atoms. The van der Waals surface area contributed by atoms with Gasteiger partial charge in [0.25, 0.3) is 5.91 Å². The number of carbonyl (C=O) groups is 1. The van der Waals surface area contributed by atoms with Crippen molar-refractivity contribution in [3.8, 4) is 0 Å². The molecule has 84 valence electrons. The van der Waals surface area contributed by atoms with Crippen molar-refractivity contribution in [2.24, 2.45) is 0 Å². The Morgan fingerprint density at radius 2 is 2.20 bits per heavy atom. The summed E-state index contributed by atoms with van der Waals surface area (Å²) in [6.45, 7) is 2.45. The molecule has 0 fully saturated rings. The highest BCUT2D eigenvalue weighted by atomic mass is 16.5. The molecule has 0 spiro atoms. The van der Waals surface area contributed by atoms with Gasteiger partial charge in [-0.25, -0.2) is 0 Å². The molecule has 0 bridgehead atoms. The Balaban J connectivity index is 2.76. The summed E-state index contributed by atoms with van der Waals surface area (Å²) in [6.07, 6.45) is 1.29. The highest BCUT2D eigenvalue weighted by molar-refractivity contribution is 5.95. The number of aromatic nitrogens is 1. The maximum Gasteiger partial charge on any atom is 0.257 e. The Morgan fingerprint density at radius 3 is 2.60 bits per heavy atom. The Hall–Kier alpha value is -1.40. The van der Waals surface area contributed by atoms with E-state index in [0.29, 0.717) is 11.3 Å². The van der Waals surface area contributed by atoms with Gasteiger partial charge < -0.3 is 20.1 Å². The van der Waals surface area contributed by atoms with Crippen molar-refractivity contribution < 1.29 is 19.5 Å². The topological polar surface area (TPSA) is 95.6 Å². The SMILES string of the molecule is Cc1oncc1C(=O)NC(C)(CO)CO. The third kappa shape index (κ3) is 2.54. The van der Waals surface area contributed by atoms with Gasteiger partial charge in [0.15, 0.2) is 0 Å². The Kier molecular flexibility index (Phi) is 3.43. The van der Waals surface area contributed by atoms with E-state index in [2.05, 4.69) is 10.5 Å². The van der Waals surface area contributed by atoms with Crippen LogP contribution in [0.4, 0.5) is 0 Å². The number of hydrogen-bond acceptors (Lipinski definition) is 5. The first kappa shape index (κ1) is 11.7. The van der Waals surface area contributed by atoms with Gasteiger partial charge in [-0.2, -0.15) is 0 Å². The molecule has 6 heteroatoms. The van der Waals surface area contributed by atoms with Crippen LogP contribution in [0.25, 0.3) is 0 Å². The van der Waals surface area contributed by atoms with E-state index in [9.17, 15) is 4.79 Å². The number of aliphatic hydroxyl groups is 2. The fraction of sp³-hybridized carbons (Fsp3) is 0.556. The van der Waals surface area contributed by atoms with Crippen LogP contribution in [0, 0.1) is 6.92 Å². The fourth-order valence-corrected chi connectivity index (χ4v) is 0.987. The van der Waals surface area contributed by atoms with Gasteiger partial charge >= 0.3 is 0 Å². The summed E-state index contributed by atoms with van der Waals surface area (Å²) in [5, 5.41) is 23.9. The van der Waals surface area contributed by atoms with E-state index in [-0.39, 0.29) is 13.2 Å². The van der Waals surface area contributed by atoms with Crippen molar-refractivity contribution in [2.45, 2.75) is 19.4 Å². The highest BCUT2D eigenvalue weighted by Gasteiger charge is 2.26. The summed E-state index contributed by atoms with van der Waals surface area (Å²) >= 11 is 0. The number of nitrogens with zero attached hydrogens (tertiary/aromatic N) is 1. The molecule has 1 amide bonds. The number of hydrogen-bond donors (Lipinski definition) is 3. The van der Waals surface area contributed by atoms with Gasteiger partial charge in [-0.15, -0.1) is 0 Å². The van der Waals surface area contributed by atoms with E-state index < -0.39 is 11.4 Å². The summed E-state index contributed by atoms with van der Waals surface area (Å²) < 4.78 is 4.73.